The van der Waals surface area contributed by atoms with E-state index in [1.807, 2.05) is 18.2 Å². The van der Waals surface area contributed by atoms with Crippen LogP contribution >= 0.6 is 11.3 Å². The summed E-state index contributed by atoms with van der Waals surface area (Å²) in [4.78, 5) is 29.9. The third kappa shape index (κ3) is 3.92. The predicted molar refractivity (Wildman–Crippen MR) is 110 cm³/mol. The van der Waals surface area contributed by atoms with Crippen molar-refractivity contribution in [2.45, 2.75) is 18.9 Å². The Balaban J connectivity index is 1.71. The lowest BCUT2D eigenvalue weighted by molar-refractivity contribution is -0.384. The molecule has 0 N–H and O–H groups in total. The summed E-state index contributed by atoms with van der Waals surface area (Å²) in [6.07, 6.45) is 1.77. The Morgan fingerprint density at radius 2 is 2.14 bits per heavy atom. The molecule has 0 radical (unpaired) electrons. The van der Waals surface area contributed by atoms with Crippen molar-refractivity contribution in [1.82, 2.24) is 4.98 Å². The fraction of sp³-hybridized carbons (Fsp3) is 0.300. The molecular formula is C20H19N3O5S. The Kier molecular flexibility index (Phi) is 5.41. The molecule has 1 aromatic heterocycles. The van der Waals surface area contributed by atoms with Gasteiger partial charge in [0.05, 0.1) is 29.4 Å². The molecule has 150 valence electrons. The highest BCUT2D eigenvalue weighted by atomic mass is 32.1. The second-order valence-corrected chi connectivity index (χ2v) is 7.67. The summed E-state index contributed by atoms with van der Waals surface area (Å²) in [7, 11) is 1.58. The van der Waals surface area contributed by atoms with Crippen molar-refractivity contribution >= 4 is 38.3 Å². The van der Waals surface area contributed by atoms with Crippen LogP contribution in [0.3, 0.4) is 0 Å². The Hall–Kier alpha value is -3.04. The van der Waals surface area contributed by atoms with E-state index in [2.05, 4.69) is 4.98 Å². The van der Waals surface area contributed by atoms with Crippen molar-refractivity contribution in [1.29, 1.82) is 0 Å². The van der Waals surface area contributed by atoms with Gasteiger partial charge >= 0.3 is 0 Å². The van der Waals surface area contributed by atoms with Gasteiger partial charge in [0, 0.05) is 24.3 Å². The minimum Gasteiger partial charge on any atom is -0.494 e. The van der Waals surface area contributed by atoms with Crippen molar-refractivity contribution in [2.75, 3.05) is 25.2 Å². The minimum atomic E-state index is -0.488. The third-order valence-electron chi connectivity index (χ3n) is 4.80. The van der Waals surface area contributed by atoms with Crippen molar-refractivity contribution in [3.63, 3.8) is 0 Å². The van der Waals surface area contributed by atoms with Gasteiger partial charge in [0.2, 0.25) is 0 Å². The fourth-order valence-electron chi connectivity index (χ4n) is 3.31. The Morgan fingerprint density at radius 1 is 1.34 bits per heavy atom. The number of nitro benzene ring substituents is 1. The molecule has 1 fully saturated rings. The number of rotatable bonds is 6. The average molecular weight is 413 g/mol. The maximum absolute atomic E-state index is 13.3. The van der Waals surface area contributed by atoms with E-state index < -0.39 is 4.92 Å². The number of methoxy groups -OCH3 is 1. The van der Waals surface area contributed by atoms with Gasteiger partial charge in [0.15, 0.2) is 5.13 Å². The highest BCUT2D eigenvalue weighted by molar-refractivity contribution is 7.22. The largest absolute Gasteiger partial charge is 0.494 e. The molecule has 1 aliphatic heterocycles. The molecule has 2 heterocycles. The van der Waals surface area contributed by atoms with E-state index in [0.717, 1.165) is 17.5 Å². The number of nitrogens with zero attached hydrogens (tertiary/aromatic N) is 3. The number of carbonyl (C=O) groups is 1. The van der Waals surface area contributed by atoms with Crippen LogP contribution in [-0.4, -0.2) is 42.2 Å². The molecule has 2 aromatic carbocycles. The van der Waals surface area contributed by atoms with E-state index in [4.69, 9.17) is 9.47 Å². The van der Waals surface area contributed by atoms with Crippen molar-refractivity contribution in [3.05, 3.63) is 58.1 Å². The van der Waals surface area contributed by atoms with E-state index in [9.17, 15) is 14.9 Å². The zero-order valence-corrected chi connectivity index (χ0v) is 16.6. The van der Waals surface area contributed by atoms with Gasteiger partial charge in [-0.15, -0.1) is 0 Å². The van der Waals surface area contributed by atoms with E-state index in [1.54, 1.807) is 12.0 Å². The second-order valence-electron chi connectivity index (χ2n) is 6.66. The van der Waals surface area contributed by atoms with Crippen LogP contribution in [0.15, 0.2) is 42.5 Å². The summed E-state index contributed by atoms with van der Waals surface area (Å²) in [6, 6.07) is 11.2. The number of non-ortho nitro benzene ring substituents is 1. The summed E-state index contributed by atoms with van der Waals surface area (Å²) >= 11 is 1.40. The summed E-state index contributed by atoms with van der Waals surface area (Å²) in [5.74, 6) is 0.373. The zero-order chi connectivity index (χ0) is 20.4. The molecule has 1 amide bonds. The summed E-state index contributed by atoms with van der Waals surface area (Å²) in [5.41, 5.74) is 1.00. The van der Waals surface area contributed by atoms with Gasteiger partial charge in [-0.25, -0.2) is 4.98 Å². The first-order valence-corrected chi connectivity index (χ1v) is 10.00. The molecule has 1 saturated heterocycles. The predicted octanol–water partition coefficient (Wildman–Crippen LogP) is 4.04. The SMILES string of the molecule is COc1cccc2sc(N(CC3CCCO3)C(=O)c3ccc([N+](=O)[O-])cc3)nc12. The first-order valence-electron chi connectivity index (χ1n) is 9.18. The van der Waals surface area contributed by atoms with E-state index in [0.29, 0.717) is 35.1 Å². The number of benzene rings is 2. The van der Waals surface area contributed by atoms with Crippen molar-refractivity contribution in [2.24, 2.45) is 0 Å². The number of anilines is 1. The van der Waals surface area contributed by atoms with E-state index >= 15 is 0 Å². The quantitative estimate of drug-likeness (QED) is 0.447. The molecule has 1 atom stereocenters. The topological polar surface area (TPSA) is 94.8 Å². The number of amides is 1. The molecule has 4 rings (SSSR count). The minimum absolute atomic E-state index is 0.0584. The van der Waals surface area contributed by atoms with Crippen molar-refractivity contribution < 1.29 is 19.2 Å². The molecular weight excluding hydrogens is 394 g/mol. The molecule has 1 unspecified atom stereocenters. The number of aromatic nitrogens is 1. The molecule has 29 heavy (non-hydrogen) atoms. The number of thiazole rings is 1. The van der Waals surface area contributed by atoms with Crippen LogP contribution in [0, 0.1) is 10.1 Å². The smallest absolute Gasteiger partial charge is 0.269 e. The summed E-state index contributed by atoms with van der Waals surface area (Å²) < 4.78 is 12.0. The van der Waals surface area contributed by atoms with Crippen LogP contribution in [0.25, 0.3) is 10.2 Å². The molecule has 3 aromatic rings. The first-order chi connectivity index (χ1) is 14.1. The molecule has 0 bridgehead atoms. The Bertz CT molecular complexity index is 1040. The van der Waals surface area contributed by atoms with E-state index in [-0.39, 0.29) is 17.7 Å². The number of para-hydroxylation sites is 1. The highest BCUT2D eigenvalue weighted by Crippen LogP contribution is 2.35. The van der Waals surface area contributed by atoms with Crippen LogP contribution in [-0.2, 0) is 4.74 Å². The number of ether oxygens (including phenoxy) is 2. The molecule has 9 heteroatoms. The van der Waals surface area contributed by atoms with Crippen molar-refractivity contribution in [3.8, 4) is 5.75 Å². The van der Waals surface area contributed by atoms with Gasteiger partial charge in [-0.3, -0.25) is 19.8 Å². The van der Waals surface area contributed by atoms with Crippen LogP contribution in [0.2, 0.25) is 0 Å². The average Bonchev–Trinajstić information content (AvgIpc) is 3.40. The number of carbonyl (C=O) groups excluding carboxylic acids is 1. The van der Waals surface area contributed by atoms with Crippen LogP contribution in [0.5, 0.6) is 5.75 Å². The summed E-state index contributed by atoms with van der Waals surface area (Å²) in [5, 5.41) is 11.4. The van der Waals surface area contributed by atoms with Gasteiger partial charge < -0.3 is 9.47 Å². The standard InChI is InChI=1S/C20H19N3O5S/c1-27-16-5-2-6-17-18(16)21-20(29-17)22(12-15-4-3-11-28-15)19(24)13-7-9-14(10-8-13)23(25)26/h2,5-10,15H,3-4,11-12H2,1H3. The molecule has 0 spiro atoms. The van der Waals surface area contributed by atoms with Crippen LogP contribution in [0.1, 0.15) is 23.2 Å². The van der Waals surface area contributed by atoms with Crippen LogP contribution < -0.4 is 9.64 Å². The Morgan fingerprint density at radius 3 is 2.79 bits per heavy atom. The zero-order valence-electron chi connectivity index (χ0n) is 15.7. The molecule has 0 aliphatic carbocycles. The number of hydrogen-bond acceptors (Lipinski definition) is 7. The monoisotopic (exact) mass is 413 g/mol. The lowest BCUT2D eigenvalue weighted by Gasteiger charge is -2.23. The fourth-order valence-corrected chi connectivity index (χ4v) is 4.30. The second kappa shape index (κ2) is 8.14. The maximum Gasteiger partial charge on any atom is 0.269 e. The summed E-state index contributed by atoms with van der Waals surface area (Å²) in [6.45, 7) is 1.05. The van der Waals surface area contributed by atoms with Gasteiger partial charge in [-0.05, 0) is 37.1 Å². The lowest BCUT2D eigenvalue weighted by Crippen LogP contribution is -2.37. The highest BCUT2D eigenvalue weighted by Gasteiger charge is 2.27. The third-order valence-corrected chi connectivity index (χ3v) is 5.85. The van der Waals surface area contributed by atoms with E-state index in [1.165, 1.54) is 35.6 Å². The Labute approximate surface area is 170 Å². The lowest BCUT2D eigenvalue weighted by atomic mass is 10.1. The number of nitro groups is 1. The molecule has 0 saturated carbocycles. The van der Waals surface area contributed by atoms with Gasteiger partial charge in [-0.1, -0.05) is 17.4 Å². The molecule has 1 aliphatic rings. The van der Waals surface area contributed by atoms with Gasteiger partial charge in [0.1, 0.15) is 11.3 Å². The number of hydrogen-bond donors (Lipinski definition) is 0. The normalized spacial score (nSPS) is 16.1. The van der Waals surface area contributed by atoms with Gasteiger partial charge in [-0.2, -0.15) is 0 Å². The first kappa shape index (κ1) is 19.3. The molecule has 8 nitrogen and oxygen atoms in total. The van der Waals surface area contributed by atoms with Crippen LogP contribution in [0.4, 0.5) is 10.8 Å². The maximum atomic E-state index is 13.3. The number of fused-ring (bicyclic) bond motifs is 1. The van der Waals surface area contributed by atoms with Gasteiger partial charge in [0.25, 0.3) is 11.6 Å².